The lowest BCUT2D eigenvalue weighted by Crippen LogP contribution is -2.33. The molecule has 3 fully saturated rings. The second-order valence-corrected chi connectivity index (χ2v) is 11.2. The highest BCUT2D eigenvalue weighted by Gasteiger charge is 2.48. The number of anilines is 2. The standard InChI is InChI=1S/C30H44N2O2/c1-30-20-8-10-23(17-16-22-9-7-12-25(33)21-22)26(30)19-18-24(30)11-3-2-4-15-29(34)32-28-14-6-5-13-27(28)31/h5-6,13-14,16-17,24-26,33H,2-4,7-12,15,18-21,31H2,1H3,(H,32,34)/b22-16-,23-17+. The van der Waals surface area contributed by atoms with E-state index in [2.05, 4.69) is 24.4 Å². The summed E-state index contributed by atoms with van der Waals surface area (Å²) < 4.78 is 0. The van der Waals surface area contributed by atoms with Crippen molar-refractivity contribution < 1.29 is 9.90 Å². The zero-order valence-electron chi connectivity index (χ0n) is 21.0. The monoisotopic (exact) mass is 464 g/mol. The van der Waals surface area contributed by atoms with Crippen LogP contribution in [0.1, 0.15) is 96.8 Å². The highest BCUT2D eigenvalue weighted by atomic mass is 16.3. The van der Waals surface area contributed by atoms with Crippen LogP contribution in [-0.4, -0.2) is 17.1 Å². The van der Waals surface area contributed by atoms with E-state index >= 15 is 0 Å². The van der Waals surface area contributed by atoms with Crippen LogP contribution in [0, 0.1) is 17.3 Å². The van der Waals surface area contributed by atoms with Gasteiger partial charge in [-0.25, -0.2) is 0 Å². The van der Waals surface area contributed by atoms with Gasteiger partial charge in [0.25, 0.3) is 0 Å². The van der Waals surface area contributed by atoms with E-state index in [0.717, 1.165) is 50.4 Å². The van der Waals surface area contributed by atoms with Gasteiger partial charge in [0.1, 0.15) is 0 Å². The number of nitrogens with two attached hydrogens (primary N) is 1. The minimum absolute atomic E-state index is 0.0625. The van der Waals surface area contributed by atoms with Crippen LogP contribution in [0.25, 0.3) is 0 Å². The summed E-state index contributed by atoms with van der Waals surface area (Å²) >= 11 is 0. The van der Waals surface area contributed by atoms with E-state index in [-0.39, 0.29) is 12.0 Å². The third-order valence-electron chi connectivity index (χ3n) is 8.92. The van der Waals surface area contributed by atoms with Gasteiger partial charge < -0.3 is 16.2 Å². The van der Waals surface area contributed by atoms with Crippen molar-refractivity contribution in [2.24, 2.45) is 17.3 Å². The molecule has 0 spiro atoms. The zero-order chi connectivity index (χ0) is 24.0. The van der Waals surface area contributed by atoms with Crippen LogP contribution in [-0.2, 0) is 4.79 Å². The predicted octanol–water partition coefficient (Wildman–Crippen LogP) is 7.16. The Morgan fingerprint density at radius 2 is 1.97 bits per heavy atom. The molecule has 0 bridgehead atoms. The summed E-state index contributed by atoms with van der Waals surface area (Å²) in [6, 6.07) is 7.44. The first kappa shape index (κ1) is 25.0. The fourth-order valence-corrected chi connectivity index (χ4v) is 6.94. The highest BCUT2D eigenvalue weighted by molar-refractivity contribution is 5.93. The van der Waals surface area contributed by atoms with Gasteiger partial charge in [0.05, 0.1) is 17.5 Å². The van der Waals surface area contributed by atoms with Gasteiger partial charge in [-0.2, -0.15) is 0 Å². The molecule has 0 heterocycles. The largest absolute Gasteiger partial charge is 0.397 e. The molecule has 3 aliphatic carbocycles. The molecule has 4 atom stereocenters. The molecule has 0 saturated heterocycles. The Hall–Kier alpha value is -2.07. The smallest absolute Gasteiger partial charge is 0.224 e. The Balaban J connectivity index is 1.23. The molecular formula is C30H44N2O2. The topological polar surface area (TPSA) is 75.3 Å². The average Bonchev–Trinajstić information content (AvgIpc) is 3.15. The van der Waals surface area contributed by atoms with Gasteiger partial charge in [0.2, 0.25) is 5.91 Å². The highest BCUT2D eigenvalue weighted by Crippen LogP contribution is 2.58. The van der Waals surface area contributed by atoms with Gasteiger partial charge in [0, 0.05) is 6.42 Å². The van der Waals surface area contributed by atoms with Crippen molar-refractivity contribution in [2.45, 2.75) is 103 Å². The Bertz CT molecular complexity index is 905. The molecule has 0 aromatic heterocycles. The molecule has 3 aliphatic rings. The molecule has 4 heteroatoms. The van der Waals surface area contributed by atoms with Crippen LogP contribution in [0.3, 0.4) is 0 Å². The molecule has 1 amide bonds. The van der Waals surface area contributed by atoms with Gasteiger partial charge in [-0.05, 0) is 100 Å². The van der Waals surface area contributed by atoms with Crippen LogP contribution < -0.4 is 11.1 Å². The molecule has 4 rings (SSSR count). The second-order valence-electron chi connectivity index (χ2n) is 11.2. The fourth-order valence-electron chi connectivity index (χ4n) is 6.94. The number of aliphatic hydroxyl groups is 1. The minimum atomic E-state index is -0.131. The number of hydrogen-bond donors (Lipinski definition) is 3. The normalized spacial score (nSPS) is 31.5. The summed E-state index contributed by atoms with van der Waals surface area (Å²) in [5.74, 6) is 1.61. The maximum atomic E-state index is 12.3. The molecule has 1 aromatic rings. The second kappa shape index (κ2) is 11.6. The van der Waals surface area contributed by atoms with Gasteiger partial charge in [-0.1, -0.05) is 55.2 Å². The lowest BCUT2D eigenvalue weighted by atomic mass is 9.62. The first-order valence-corrected chi connectivity index (χ1v) is 13.7. The van der Waals surface area contributed by atoms with E-state index in [4.69, 9.17) is 5.73 Å². The molecule has 34 heavy (non-hydrogen) atoms. The van der Waals surface area contributed by atoms with E-state index in [9.17, 15) is 9.90 Å². The van der Waals surface area contributed by atoms with E-state index in [1.807, 2.05) is 24.3 Å². The number of para-hydroxylation sites is 2. The van der Waals surface area contributed by atoms with Gasteiger partial charge >= 0.3 is 0 Å². The lowest BCUT2D eigenvalue weighted by Gasteiger charge is -2.42. The summed E-state index contributed by atoms with van der Waals surface area (Å²) in [4.78, 5) is 12.3. The quantitative estimate of drug-likeness (QED) is 0.282. The third kappa shape index (κ3) is 6.13. The van der Waals surface area contributed by atoms with Crippen LogP contribution in [0.5, 0.6) is 0 Å². The number of allylic oxidation sites excluding steroid dienone is 3. The van der Waals surface area contributed by atoms with Crippen LogP contribution in [0.2, 0.25) is 0 Å². The predicted molar refractivity (Wildman–Crippen MR) is 141 cm³/mol. The number of nitrogens with one attached hydrogen (secondary N) is 1. The summed E-state index contributed by atoms with van der Waals surface area (Å²) in [5.41, 5.74) is 10.8. The van der Waals surface area contributed by atoms with E-state index in [1.165, 1.54) is 50.5 Å². The van der Waals surface area contributed by atoms with Crippen LogP contribution >= 0.6 is 0 Å². The molecule has 4 N–H and O–H groups in total. The van der Waals surface area contributed by atoms with Crippen molar-refractivity contribution in [2.75, 3.05) is 11.1 Å². The number of carbonyl (C=O) groups is 1. The molecule has 3 saturated carbocycles. The zero-order valence-corrected chi connectivity index (χ0v) is 21.0. The minimum Gasteiger partial charge on any atom is -0.397 e. The number of benzene rings is 1. The van der Waals surface area contributed by atoms with Gasteiger partial charge in [0.15, 0.2) is 0 Å². The molecule has 4 nitrogen and oxygen atoms in total. The van der Waals surface area contributed by atoms with Crippen molar-refractivity contribution in [3.05, 3.63) is 47.6 Å². The van der Waals surface area contributed by atoms with E-state index in [1.54, 1.807) is 5.57 Å². The lowest BCUT2D eigenvalue weighted by molar-refractivity contribution is -0.116. The van der Waals surface area contributed by atoms with Crippen molar-refractivity contribution in [1.82, 2.24) is 0 Å². The first-order chi connectivity index (χ1) is 16.5. The Labute approximate surface area is 206 Å². The third-order valence-corrected chi connectivity index (χ3v) is 8.92. The summed E-state index contributed by atoms with van der Waals surface area (Å²) in [6.07, 6.45) is 20.5. The van der Waals surface area contributed by atoms with Crippen molar-refractivity contribution in [1.29, 1.82) is 0 Å². The molecule has 186 valence electrons. The molecule has 0 aliphatic heterocycles. The van der Waals surface area contributed by atoms with E-state index < -0.39 is 0 Å². The number of unbranched alkanes of at least 4 members (excludes halogenated alkanes) is 2. The molecular weight excluding hydrogens is 420 g/mol. The fraction of sp³-hybridized carbons (Fsp3) is 0.633. The Morgan fingerprint density at radius 3 is 2.79 bits per heavy atom. The maximum absolute atomic E-state index is 12.3. The number of amides is 1. The maximum Gasteiger partial charge on any atom is 0.224 e. The number of rotatable bonds is 8. The summed E-state index contributed by atoms with van der Waals surface area (Å²) in [6.45, 7) is 2.55. The number of nitrogen functional groups attached to an aromatic ring is 1. The Morgan fingerprint density at radius 1 is 1.12 bits per heavy atom. The summed E-state index contributed by atoms with van der Waals surface area (Å²) in [5, 5.41) is 12.9. The van der Waals surface area contributed by atoms with E-state index in [0.29, 0.717) is 23.2 Å². The number of aliphatic hydroxyl groups excluding tert-OH is 1. The Kier molecular flexibility index (Phi) is 8.52. The number of carbonyl (C=O) groups excluding carboxylic acids is 1. The molecule has 4 unspecified atom stereocenters. The molecule has 1 aromatic carbocycles. The first-order valence-electron chi connectivity index (χ1n) is 13.7. The number of hydrogen-bond acceptors (Lipinski definition) is 3. The number of fused-ring (bicyclic) bond motifs is 1. The van der Waals surface area contributed by atoms with Crippen molar-refractivity contribution in [3.8, 4) is 0 Å². The summed E-state index contributed by atoms with van der Waals surface area (Å²) in [7, 11) is 0. The molecule has 0 radical (unpaired) electrons. The van der Waals surface area contributed by atoms with Gasteiger partial charge in [-0.3, -0.25) is 4.79 Å². The average molecular weight is 465 g/mol. The van der Waals surface area contributed by atoms with Crippen molar-refractivity contribution >= 4 is 17.3 Å². The van der Waals surface area contributed by atoms with Crippen LogP contribution in [0.4, 0.5) is 11.4 Å². The van der Waals surface area contributed by atoms with Gasteiger partial charge in [-0.15, -0.1) is 0 Å². The SMILES string of the molecule is CC12CCC/C(=C\C=C3\CCCC(O)C3)C1CCC2CCCCCC(=O)Nc1ccccc1N. The van der Waals surface area contributed by atoms with Crippen LogP contribution in [0.15, 0.2) is 47.6 Å². The van der Waals surface area contributed by atoms with Crippen molar-refractivity contribution in [3.63, 3.8) is 0 Å².